The van der Waals surface area contributed by atoms with Gasteiger partial charge in [0.05, 0.1) is 5.02 Å². The minimum atomic E-state index is 0.0882. The lowest BCUT2D eigenvalue weighted by Gasteiger charge is -2.13. The van der Waals surface area contributed by atoms with Crippen LogP contribution < -0.4 is 5.73 Å². The summed E-state index contributed by atoms with van der Waals surface area (Å²) in [7, 11) is 0. The summed E-state index contributed by atoms with van der Waals surface area (Å²) >= 11 is 7.87. The number of nitrogens with zero attached hydrogens (tertiary/aromatic N) is 2. The molecule has 1 heterocycles. The van der Waals surface area contributed by atoms with Crippen LogP contribution in [0.15, 0.2) is 28.3 Å². The lowest BCUT2D eigenvalue weighted by atomic mass is 10.1. The van der Waals surface area contributed by atoms with E-state index in [-0.39, 0.29) is 6.04 Å². The van der Waals surface area contributed by atoms with E-state index in [1.165, 1.54) is 11.8 Å². The number of benzene rings is 1. The molecule has 0 aliphatic carbocycles. The first kappa shape index (κ1) is 16.3. The Morgan fingerprint density at radius 3 is 2.38 bits per heavy atom. The standard InChI is InChI=1S/C16H20ClN3S/c1-9(18)8-13-6-5-7-14(17)15(13)21-16-19-11(3)10(2)12(4)20-16/h5-7,9H,8,18H2,1-4H3. The van der Waals surface area contributed by atoms with E-state index in [0.29, 0.717) is 0 Å². The Bertz CT molecular complexity index is 633. The van der Waals surface area contributed by atoms with Gasteiger partial charge in [0.1, 0.15) is 0 Å². The zero-order valence-corrected chi connectivity index (χ0v) is 14.3. The van der Waals surface area contributed by atoms with E-state index in [1.54, 1.807) is 0 Å². The van der Waals surface area contributed by atoms with Crippen LogP contribution >= 0.6 is 23.4 Å². The molecule has 0 aliphatic rings. The van der Waals surface area contributed by atoms with Gasteiger partial charge in [-0.2, -0.15) is 0 Å². The van der Waals surface area contributed by atoms with Crippen molar-refractivity contribution in [2.45, 2.75) is 50.2 Å². The average Bonchev–Trinajstić information content (AvgIpc) is 2.39. The van der Waals surface area contributed by atoms with Crippen molar-refractivity contribution in [3.63, 3.8) is 0 Å². The average molecular weight is 322 g/mol. The van der Waals surface area contributed by atoms with Crippen LogP contribution in [0.2, 0.25) is 5.02 Å². The number of aryl methyl sites for hydroxylation is 2. The van der Waals surface area contributed by atoms with Crippen molar-refractivity contribution in [2.75, 3.05) is 0 Å². The highest BCUT2D eigenvalue weighted by molar-refractivity contribution is 7.99. The Kier molecular flexibility index (Phi) is 5.25. The number of halogens is 1. The number of hydrogen-bond donors (Lipinski definition) is 1. The third-order valence-electron chi connectivity index (χ3n) is 3.40. The molecule has 1 unspecified atom stereocenters. The van der Waals surface area contributed by atoms with Crippen molar-refractivity contribution in [2.24, 2.45) is 5.73 Å². The van der Waals surface area contributed by atoms with Crippen molar-refractivity contribution >= 4 is 23.4 Å². The Labute approximate surface area is 135 Å². The summed E-state index contributed by atoms with van der Waals surface area (Å²) in [5.41, 5.74) is 10.2. The van der Waals surface area contributed by atoms with Crippen molar-refractivity contribution in [1.82, 2.24) is 9.97 Å². The van der Waals surface area contributed by atoms with Crippen molar-refractivity contribution in [1.29, 1.82) is 0 Å². The number of aromatic nitrogens is 2. The van der Waals surface area contributed by atoms with Gasteiger partial charge in [0, 0.05) is 22.3 Å². The molecule has 1 aromatic heterocycles. The molecule has 1 atom stereocenters. The van der Waals surface area contributed by atoms with E-state index < -0.39 is 0 Å². The highest BCUT2D eigenvalue weighted by atomic mass is 35.5. The largest absolute Gasteiger partial charge is 0.328 e. The van der Waals surface area contributed by atoms with E-state index in [0.717, 1.165) is 44.0 Å². The molecule has 0 amide bonds. The van der Waals surface area contributed by atoms with Crippen molar-refractivity contribution in [3.8, 4) is 0 Å². The summed E-state index contributed by atoms with van der Waals surface area (Å²) in [6.45, 7) is 8.04. The zero-order valence-electron chi connectivity index (χ0n) is 12.8. The molecule has 5 heteroatoms. The second-order valence-electron chi connectivity index (χ2n) is 5.31. The monoisotopic (exact) mass is 321 g/mol. The van der Waals surface area contributed by atoms with Gasteiger partial charge in [-0.3, -0.25) is 0 Å². The number of hydrogen-bond acceptors (Lipinski definition) is 4. The van der Waals surface area contributed by atoms with Gasteiger partial charge in [-0.05, 0) is 63.1 Å². The first-order valence-corrected chi connectivity index (χ1v) is 8.10. The van der Waals surface area contributed by atoms with Gasteiger partial charge in [-0.1, -0.05) is 23.7 Å². The fraction of sp³-hybridized carbons (Fsp3) is 0.375. The quantitative estimate of drug-likeness (QED) is 0.861. The third kappa shape index (κ3) is 3.96. The van der Waals surface area contributed by atoms with Gasteiger partial charge in [-0.15, -0.1) is 0 Å². The minimum absolute atomic E-state index is 0.0882. The Morgan fingerprint density at radius 2 is 1.81 bits per heavy atom. The maximum Gasteiger partial charge on any atom is 0.192 e. The van der Waals surface area contributed by atoms with E-state index in [1.807, 2.05) is 39.8 Å². The maximum atomic E-state index is 6.36. The van der Waals surface area contributed by atoms with Gasteiger partial charge in [0.25, 0.3) is 0 Å². The lowest BCUT2D eigenvalue weighted by Crippen LogP contribution is -2.18. The molecule has 0 spiro atoms. The molecule has 3 nitrogen and oxygen atoms in total. The molecule has 0 saturated carbocycles. The minimum Gasteiger partial charge on any atom is -0.328 e. The third-order valence-corrected chi connectivity index (χ3v) is 4.87. The topological polar surface area (TPSA) is 51.8 Å². The molecule has 1 aromatic carbocycles. The van der Waals surface area contributed by atoms with Crippen LogP contribution in [-0.4, -0.2) is 16.0 Å². The van der Waals surface area contributed by atoms with Crippen molar-refractivity contribution < 1.29 is 0 Å². The molecule has 0 bridgehead atoms. The second-order valence-corrected chi connectivity index (χ2v) is 6.70. The summed E-state index contributed by atoms with van der Waals surface area (Å²) in [6.07, 6.45) is 0.784. The van der Waals surface area contributed by atoms with Gasteiger partial charge in [0.2, 0.25) is 0 Å². The SMILES string of the molecule is Cc1nc(Sc2c(Cl)cccc2CC(C)N)nc(C)c1C. The normalized spacial score (nSPS) is 12.5. The highest BCUT2D eigenvalue weighted by Gasteiger charge is 2.13. The molecule has 21 heavy (non-hydrogen) atoms. The number of nitrogens with two attached hydrogens (primary N) is 1. The van der Waals surface area contributed by atoms with Gasteiger partial charge < -0.3 is 5.73 Å². The molecule has 0 radical (unpaired) electrons. The highest BCUT2D eigenvalue weighted by Crippen LogP contribution is 2.35. The first-order chi connectivity index (χ1) is 9.88. The van der Waals surface area contributed by atoms with Crippen LogP contribution in [0.5, 0.6) is 0 Å². The van der Waals surface area contributed by atoms with Crippen molar-refractivity contribution in [3.05, 3.63) is 45.7 Å². The van der Waals surface area contributed by atoms with Gasteiger partial charge in [0.15, 0.2) is 5.16 Å². The van der Waals surface area contributed by atoms with Crippen LogP contribution in [0.1, 0.15) is 29.4 Å². The predicted molar refractivity (Wildman–Crippen MR) is 89.2 cm³/mol. The summed E-state index contributed by atoms with van der Waals surface area (Å²) in [6, 6.07) is 6.00. The molecule has 112 valence electrons. The van der Waals surface area contributed by atoms with Gasteiger partial charge in [-0.25, -0.2) is 9.97 Å². The van der Waals surface area contributed by atoms with E-state index >= 15 is 0 Å². The summed E-state index contributed by atoms with van der Waals surface area (Å²) in [4.78, 5) is 10.1. The Balaban J connectivity index is 2.39. The summed E-state index contributed by atoms with van der Waals surface area (Å²) in [5.74, 6) is 0. The Morgan fingerprint density at radius 1 is 1.19 bits per heavy atom. The molecule has 2 aromatic rings. The zero-order chi connectivity index (χ0) is 15.6. The Hall–Kier alpha value is -1.10. The smallest absolute Gasteiger partial charge is 0.192 e. The van der Waals surface area contributed by atoms with E-state index in [4.69, 9.17) is 17.3 Å². The fourth-order valence-electron chi connectivity index (χ4n) is 2.05. The van der Waals surface area contributed by atoms with Crippen LogP contribution in [0, 0.1) is 20.8 Å². The van der Waals surface area contributed by atoms with Gasteiger partial charge >= 0.3 is 0 Å². The molecule has 0 fully saturated rings. The second kappa shape index (κ2) is 6.77. The fourth-order valence-corrected chi connectivity index (χ4v) is 3.36. The van der Waals surface area contributed by atoms with Crippen LogP contribution in [0.25, 0.3) is 0 Å². The van der Waals surface area contributed by atoms with Crippen LogP contribution in [-0.2, 0) is 6.42 Å². The maximum absolute atomic E-state index is 6.36. The van der Waals surface area contributed by atoms with Crippen LogP contribution in [0.3, 0.4) is 0 Å². The first-order valence-electron chi connectivity index (χ1n) is 6.91. The lowest BCUT2D eigenvalue weighted by molar-refractivity contribution is 0.729. The molecular weight excluding hydrogens is 302 g/mol. The number of rotatable bonds is 4. The van der Waals surface area contributed by atoms with E-state index in [9.17, 15) is 0 Å². The molecule has 0 saturated heterocycles. The van der Waals surface area contributed by atoms with Crippen LogP contribution in [0.4, 0.5) is 0 Å². The van der Waals surface area contributed by atoms with E-state index in [2.05, 4.69) is 16.0 Å². The molecule has 2 rings (SSSR count). The molecular formula is C16H20ClN3S. The predicted octanol–water partition coefficient (Wildman–Crippen LogP) is 4.10. The summed E-state index contributed by atoms with van der Waals surface area (Å²) < 4.78 is 0. The molecule has 2 N–H and O–H groups in total. The molecule has 0 aliphatic heterocycles. The summed E-state index contributed by atoms with van der Waals surface area (Å²) in [5, 5.41) is 1.45.